The third-order valence-corrected chi connectivity index (χ3v) is 6.67. The number of nitrogens with zero attached hydrogens (tertiary/aromatic N) is 3. The van der Waals surface area contributed by atoms with Crippen LogP contribution in [0.1, 0.15) is 60.9 Å². The molecule has 0 saturated carbocycles. The van der Waals surface area contributed by atoms with Crippen LogP contribution in [0.25, 0.3) is 0 Å². The Balaban J connectivity index is 1.31. The monoisotopic (exact) mass is 369 g/mol. The minimum atomic E-state index is 0.235. The van der Waals surface area contributed by atoms with Gasteiger partial charge in [0.15, 0.2) is 0 Å². The van der Waals surface area contributed by atoms with E-state index in [4.69, 9.17) is 0 Å². The number of piperidine rings is 1. The molecule has 0 bridgehead atoms. The van der Waals surface area contributed by atoms with E-state index >= 15 is 0 Å². The highest BCUT2D eigenvalue weighted by molar-refractivity contribution is 5.94. The number of hydrogen-bond donors (Lipinski definition) is 0. The molecule has 148 valence electrons. The van der Waals surface area contributed by atoms with Gasteiger partial charge >= 0.3 is 0 Å². The summed E-state index contributed by atoms with van der Waals surface area (Å²) in [4.78, 5) is 20.3. The maximum Gasteiger partial charge on any atom is 0.254 e. The lowest BCUT2D eigenvalue weighted by atomic mass is 10.1. The van der Waals surface area contributed by atoms with E-state index in [-0.39, 0.29) is 5.91 Å². The lowest BCUT2D eigenvalue weighted by Crippen LogP contribution is -2.42. The van der Waals surface area contributed by atoms with Crippen LogP contribution in [0.15, 0.2) is 24.3 Å². The third-order valence-electron chi connectivity index (χ3n) is 6.67. The summed E-state index contributed by atoms with van der Waals surface area (Å²) in [5, 5.41) is 0. The number of carbonyl (C=O) groups excluding carboxylic acids is 1. The average Bonchev–Trinajstić information content (AvgIpc) is 3.40. The van der Waals surface area contributed by atoms with Gasteiger partial charge in [-0.2, -0.15) is 0 Å². The summed E-state index contributed by atoms with van der Waals surface area (Å²) in [6.07, 6.45) is 10.1. The summed E-state index contributed by atoms with van der Waals surface area (Å²) >= 11 is 0. The van der Waals surface area contributed by atoms with E-state index in [0.29, 0.717) is 6.04 Å². The fourth-order valence-electron chi connectivity index (χ4n) is 5.01. The summed E-state index contributed by atoms with van der Waals surface area (Å²) in [5.41, 5.74) is 2.22. The summed E-state index contributed by atoms with van der Waals surface area (Å²) in [6.45, 7) is 8.08. The normalized spacial score (nSPS) is 24.6. The molecule has 3 aliphatic heterocycles. The van der Waals surface area contributed by atoms with Crippen molar-refractivity contribution in [2.75, 3.05) is 45.8 Å². The molecule has 0 N–H and O–H groups in total. The van der Waals surface area contributed by atoms with E-state index < -0.39 is 0 Å². The first-order valence-corrected chi connectivity index (χ1v) is 11.1. The summed E-state index contributed by atoms with van der Waals surface area (Å²) in [6, 6.07) is 8.86. The Labute approximate surface area is 164 Å². The van der Waals surface area contributed by atoms with E-state index in [1.54, 1.807) is 0 Å². The van der Waals surface area contributed by atoms with Crippen molar-refractivity contribution in [3.05, 3.63) is 35.4 Å². The number of benzene rings is 1. The predicted molar refractivity (Wildman–Crippen MR) is 110 cm³/mol. The molecular formula is C23H35N3O. The van der Waals surface area contributed by atoms with Crippen molar-refractivity contribution < 1.29 is 4.79 Å². The lowest BCUT2D eigenvalue weighted by Gasteiger charge is -2.28. The van der Waals surface area contributed by atoms with Crippen LogP contribution >= 0.6 is 0 Å². The van der Waals surface area contributed by atoms with Gasteiger partial charge in [0.05, 0.1) is 0 Å². The second kappa shape index (κ2) is 9.20. The van der Waals surface area contributed by atoms with Gasteiger partial charge in [0, 0.05) is 31.2 Å². The predicted octanol–water partition coefficient (Wildman–Crippen LogP) is 3.42. The van der Waals surface area contributed by atoms with Crippen molar-refractivity contribution in [2.24, 2.45) is 0 Å². The van der Waals surface area contributed by atoms with Gasteiger partial charge in [-0.25, -0.2) is 0 Å². The van der Waals surface area contributed by atoms with Crippen LogP contribution in [-0.2, 0) is 6.42 Å². The van der Waals surface area contributed by atoms with Gasteiger partial charge in [0.2, 0.25) is 0 Å². The zero-order valence-corrected chi connectivity index (χ0v) is 16.7. The molecule has 3 aliphatic rings. The standard InChI is InChI=1S/C23H35N3O/c27-23(26-17-6-7-22(26)19-25-15-4-5-16-25)21-10-8-20(9-11-21)12-18-24-13-2-1-3-14-24/h8-11,22H,1-7,12-19H2/t22-/m0/s1. The fourth-order valence-corrected chi connectivity index (χ4v) is 5.01. The van der Waals surface area contributed by atoms with Gasteiger partial charge in [-0.3, -0.25) is 4.79 Å². The van der Waals surface area contributed by atoms with Gasteiger partial charge in [-0.05, 0) is 88.8 Å². The topological polar surface area (TPSA) is 26.8 Å². The van der Waals surface area contributed by atoms with Gasteiger partial charge < -0.3 is 14.7 Å². The molecule has 4 heteroatoms. The molecule has 1 aromatic carbocycles. The lowest BCUT2D eigenvalue weighted by molar-refractivity contribution is 0.0709. The van der Waals surface area contributed by atoms with Crippen molar-refractivity contribution in [3.8, 4) is 0 Å². The Bertz CT molecular complexity index is 603. The molecule has 0 spiro atoms. The first kappa shape index (κ1) is 18.9. The highest BCUT2D eigenvalue weighted by Gasteiger charge is 2.31. The van der Waals surface area contributed by atoms with Gasteiger partial charge in [-0.15, -0.1) is 0 Å². The Hall–Kier alpha value is -1.39. The Morgan fingerprint density at radius 1 is 0.815 bits per heavy atom. The average molecular weight is 370 g/mol. The molecule has 0 aromatic heterocycles. The number of carbonyl (C=O) groups is 1. The smallest absolute Gasteiger partial charge is 0.254 e. The maximum absolute atomic E-state index is 13.0. The van der Waals surface area contributed by atoms with Crippen LogP contribution in [0, 0.1) is 0 Å². The molecule has 4 nitrogen and oxygen atoms in total. The molecule has 1 amide bonds. The quantitative estimate of drug-likeness (QED) is 0.769. The molecule has 0 radical (unpaired) electrons. The van der Waals surface area contributed by atoms with Crippen molar-refractivity contribution in [3.63, 3.8) is 0 Å². The fraction of sp³-hybridized carbons (Fsp3) is 0.696. The number of amides is 1. The molecule has 1 aromatic rings. The van der Waals surface area contributed by atoms with E-state index in [1.807, 2.05) is 0 Å². The van der Waals surface area contributed by atoms with E-state index in [0.717, 1.165) is 44.5 Å². The summed E-state index contributed by atoms with van der Waals surface area (Å²) in [5.74, 6) is 0.235. The molecular weight excluding hydrogens is 334 g/mol. The van der Waals surface area contributed by atoms with Crippen LogP contribution in [0.2, 0.25) is 0 Å². The number of likely N-dealkylation sites (tertiary alicyclic amines) is 3. The van der Waals surface area contributed by atoms with Crippen LogP contribution < -0.4 is 0 Å². The Kier molecular flexibility index (Phi) is 6.46. The van der Waals surface area contributed by atoms with Gasteiger partial charge in [-0.1, -0.05) is 18.6 Å². The molecule has 0 aliphatic carbocycles. The second-order valence-corrected chi connectivity index (χ2v) is 8.65. The SMILES string of the molecule is O=C(c1ccc(CCN2CCCCC2)cc1)N1CCC[C@H]1CN1CCCC1. The van der Waals surface area contributed by atoms with Crippen LogP contribution in [0.5, 0.6) is 0 Å². The van der Waals surface area contributed by atoms with Crippen LogP contribution in [-0.4, -0.2) is 72.5 Å². The largest absolute Gasteiger partial charge is 0.334 e. The molecule has 27 heavy (non-hydrogen) atoms. The number of rotatable bonds is 6. The van der Waals surface area contributed by atoms with Gasteiger partial charge in [0.25, 0.3) is 5.91 Å². The van der Waals surface area contributed by atoms with Crippen molar-refractivity contribution in [1.82, 2.24) is 14.7 Å². The minimum absolute atomic E-state index is 0.235. The molecule has 0 unspecified atom stereocenters. The summed E-state index contributed by atoms with van der Waals surface area (Å²) in [7, 11) is 0. The van der Waals surface area contributed by atoms with E-state index in [1.165, 1.54) is 63.8 Å². The van der Waals surface area contributed by atoms with Crippen LogP contribution in [0.3, 0.4) is 0 Å². The van der Waals surface area contributed by atoms with E-state index in [9.17, 15) is 4.79 Å². The van der Waals surface area contributed by atoms with Crippen molar-refractivity contribution >= 4 is 5.91 Å². The molecule has 4 rings (SSSR count). The molecule has 3 heterocycles. The van der Waals surface area contributed by atoms with Crippen molar-refractivity contribution in [1.29, 1.82) is 0 Å². The van der Waals surface area contributed by atoms with Gasteiger partial charge in [0.1, 0.15) is 0 Å². The third kappa shape index (κ3) is 4.91. The summed E-state index contributed by atoms with van der Waals surface area (Å²) < 4.78 is 0. The first-order valence-electron chi connectivity index (χ1n) is 11.1. The highest BCUT2D eigenvalue weighted by Crippen LogP contribution is 2.23. The zero-order valence-electron chi connectivity index (χ0n) is 16.7. The Morgan fingerprint density at radius 3 is 2.22 bits per heavy atom. The highest BCUT2D eigenvalue weighted by atomic mass is 16.2. The maximum atomic E-state index is 13.0. The second-order valence-electron chi connectivity index (χ2n) is 8.65. The Morgan fingerprint density at radius 2 is 1.48 bits per heavy atom. The molecule has 3 saturated heterocycles. The van der Waals surface area contributed by atoms with Crippen molar-refractivity contribution in [2.45, 2.75) is 57.4 Å². The molecule has 1 atom stereocenters. The zero-order chi connectivity index (χ0) is 18.5. The van der Waals surface area contributed by atoms with Crippen LogP contribution in [0.4, 0.5) is 0 Å². The first-order chi connectivity index (χ1) is 13.3. The number of hydrogen-bond acceptors (Lipinski definition) is 3. The molecule has 3 fully saturated rings. The minimum Gasteiger partial charge on any atom is -0.334 e. The van der Waals surface area contributed by atoms with E-state index in [2.05, 4.69) is 39.0 Å².